The van der Waals surface area contributed by atoms with Gasteiger partial charge < -0.3 is 4.90 Å². The standard InChI is InChI=1S/C26H24ClN3/c1-2-9-24-19-11-4-3-10-18(19)16-17-30(24)26-21-13-6-5-12-20(21)25(28-29-26)22-14-7-8-15-23(22)27/h3-8,10-15,24H,2,9,16-17H2,1H3. The highest BCUT2D eigenvalue weighted by Gasteiger charge is 2.29. The Morgan fingerprint density at radius 1 is 0.900 bits per heavy atom. The van der Waals surface area contributed by atoms with E-state index in [4.69, 9.17) is 16.7 Å². The summed E-state index contributed by atoms with van der Waals surface area (Å²) in [6.45, 7) is 3.20. The van der Waals surface area contributed by atoms with Crippen LogP contribution in [0.4, 0.5) is 5.82 Å². The Kier molecular flexibility index (Phi) is 5.14. The number of hydrogen-bond acceptors (Lipinski definition) is 3. The van der Waals surface area contributed by atoms with E-state index in [1.807, 2.05) is 24.3 Å². The van der Waals surface area contributed by atoms with Gasteiger partial charge >= 0.3 is 0 Å². The number of nitrogens with zero attached hydrogens (tertiary/aromatic N) is 3. The van der Waals surface area contributed by atoms with Gasteiger partial charge in [-0.3, -0.25) is 0 Å². The number of fused-ring (bicyclic) bond motifs is 2. The van der Waals surface area contributed by atoms with Crippen LogP contribution in [0.2, 0.25) is 5.02 Å². The Bertz CT molecular complexity index is 1200. The predicted molar refractivity (Wildman–Crippen MR) is 125 cm³/mol. The third-order valence-electron chi connectivity index (χ3n) is 6.04. The normalized spacial score (nSPS) is 15.9. The molecular formula is C26H24ClN3. The highest BCUT2D eigenvalue weighted by Crippen LogP contribution is 2.40. The van der Waals surface area contributed by atoms with Crippen molar-refractivity contribution in [2.75, 3.05) is 11.4 Å². The first-order valence-electron chi connectivity index (χ1n) is 10.6. The molecule has 1 unspecified atom stereocenters. The summed E-state index contributed by atoms with van der Waals surface area (Å²) in [5, 5.41) is 12.4. The van der Waals surface area contributed by atoms with Crippen molar-refractivity contribution < 1.29 is 0 Å². The van der Waals surface area contributed by atoms with Crippen LogP contribution in [0.5, 0.6) is 0 Å². The van der Waals surface area contributed by atoms with Crippen LogP contribution in [0.15, 0.2) is 72.8 Å². The molecule has 1 atom stereocenters. The van der Waals surface area contributed by atoms with Crippen LogP contribution >= 0.6 is 11.6 Å². The number of hydrogen-bond donors (Lipinski definition) is 0. The summed E-state index contributed by atoms with van der Waals surface area (Å²) < 4.78 is 0. The monoisotopic (exact) mass is 413 g/mol. The molecule has 4 heteroatoms. The Morgan fingerprint density at radius 3 is 2.47 bits per heavy atom. The molecule has 1 aromatic heterocycles. The van der Waals surface area contributed by atoms with Gasteiger partial charge in [-0.2, -0.15) is 0 Å². The molecule has 0 amide bonds. The van der Waals surface area contributed by atoms with Crippen LogP contribution in [0.1, 0.15) is 36.9 Å². The molecule has 2 heterocycles. The third kappa shape index (κ3) is 3.23. The maximum Gasteiger partial charge on any atom is 0.159 e. The number of benzene rings is 3. The molecule has 3 aromatic carbocycles. The van der Waals surface area contributed by atoms with Crippen LogP contribution in [0.25, 0.3) is 22.0 Å². The van der Waals surface area contributed by atoms with E-state index in [1.165, 1.54) is 11.1 Å². The minimum atomic E-state index is 0.323. The molecule has 0 radical (unpaired) electrons. The van der Waals surface area contributed by atoms with Gasteiger partial charge in [0.15, 0.2) is 5.82 Å². The maximum atomic E-state index is 6.49. The van der Waals surface area contributed by atoms with E-state index < -0.39 is 0 Å². The lowest BCUT2D eigenvalue weighted by atomic mass is 9.89. The van der Waals surface area contributed by atoms with Crippen molar-refractivity contribution in [3.05, 3.63) is 88.9 Å². The maximum absolute atomic E-state index is 6.49. The summed E-state index contributed by atoms with van der Waals surface area (Å²) in [7, 11) is 0. The molecule has 0 fully saturated rings. The molecule has 5 rings (SSSR count). The summed E-state index contributed by atoms with van der Waals surface area (Å²) >= 11 is 6.49. The average Bonchev–Trinajstić information content (AvgIpc) is 2.79. The van der Waals surface area contributed by atoms with Gasteiger partial charge in [-0.05, 0) is 30.0 Å². The first-order chi connectivity index (χ1) is 14.8. The van der Waals surface area contributed by atoms with Crippen molar-refractivity contribution in [1.29, 1.82) is 0 Å². The van der Waals surface area contributed by atoms with Crippen LogP contribution in [-0.2, 0) is 6.42 Å². The summed E-state index contributed by atoms with van der Waals surface area (Å²) in [6.07, 6.45) is 3.25. The lowest BCUT2D eigenvalue weighted by Gasteiger charge is -2.38. The molecular weight excluding hydrogens is 390 g/mol. The van der Waals surface area contributed by atoms with E-state index in [1.54, 1.807) is 0 Å². The van der Waals surface area contributed by atoms with Crippen molar-refractivity contribution in [3.63, 3.8) is 0 Å². The lowest BCUT2D eigenvalue weighted by Crippen LogP contribution is -2.36. The molecule has 0 saturated heterocycles. The van der Waals surface area contributed by atoms with E-state index in [9.17, 15) is 0 Å². The Balaban J connectivity index is 1.67. The van der Waals surface area contributed by atoms with Crippen molar-refractivity contribution in [2.24, 2.45) is 0 Å². The lowest BCUT2D eigenvalue weighted by molar-refractivity contribution is 0.533. The minimum Gasteiger partial charge on any atom is -0.347 e. The zero-order valence-electron chi connectivity index (χ0n) is 17.1. The molecule has 1 aliphatic rings. The fraction of sp³-hybridized carbons (Fsp3) is 0.231. The molecule has 0 saturated carbocycles. The number of anilines is 1. The van der Waals surface area contributed by atoms with Gasteiger partial charge in [0, 0.05) is 22.9 Å². The summed E-state index contributed by atoms with van der Waals surface area (Å²) in [6, 6.07) is 25.4. The largest absolute Gasteiger partial charge is 0.347 e. The second-order valence-corrected chi connectivity index (χ2v) is 8.25. The van der Waals surface area contributed by atoms with Crippen molar-refractivity contribution >= 4 is 28.2 Å². The number of rotatable bonds is 4. The summed E-state index contributed by atoms with van der Waals surface area (Å²) in [5.41, 5.74) is 4.64. The van der Waals surface area contributed by atoms with Gasteiger partial charge in [0.2, 0.25) is 0 Å². The second kappa shape index (κ2) is 8.08. The van der Waals surface area contributed by atoms with Gasteiger partial charge in [-0.15, -0.1) is 10.2 Å². The summed E-state index contributed by atoms with van der Waals surface area (Å²) in [4.78, 5) is 2.46. The van der Waals surface area contributed by atoms with E-state index in [-0.39, 0.29) is 0 Å². The zero-order chi connectivity index (χ0) is 20.5. The number of halogens is 1. The van der Waals surface area contributed by atoms with Gasteiger partial charge in [0.1, 0.15) is 5.69 Å². The molecule has 0 N–H and O–H groups in total. The highest BCUT2D eigenvalue weighted by molar-refractivity contribution is 6.33. The fourth-order valence-electron chi connectivity index (χ4n) is 4.64. The van der Waals surface area contributed by atoms with Gasteiger partial charge in [-0.1, -0.05) is 91.7 Å². The Labute approximate surface area is 182 Å². The summed E-state index contributed by atoms with van der Waals surface area (Å²) in [5.74, 6) is 0.967. The van der Waals surface area contributed by atoms with Gasteiger partial charge in [-0.25, -0.2) is 0 Å². The van der Waals surface area contributed by atoms with Crippen LogP contribution in [0.3, 0.4) is 0 Å². The average molecular weight is 414 g/mol. The topological polar surface area (TPSA) is 29.0 Å². The smallest absolute Gasteiger partial charge is 0.159 e. The van der Waals surface area contributed by atoms with Crippen LogP contribution in [0, 0.1) is 0 Å². The fourth-order valence-corrected chi connectivity index (χ4v) is 4.87. The molecule has 0 aliphatic carbocycles. The zero-order valence-corrected chi connectivity index (χ0v) is 17.8. The van der Waals surface area contributed by atoms with Gasteiger partial charge in [0.05, 0.1) is 11.1 Å². The third-order valence-corrected chi connectivity index (χ3v) is 6.37. The Hall–Kier alpha value is -2.91. The van der Waals surface area contributed by atoms with Crippen LogP contribution < -0.4 is 4.90 Å². The molecule has 0 bridgehead atoms. The van der Waals surface area contributed by atoms with Crippen LogP contribution in [-0.4, -0.2) is 16.7 Å². The molecule has 0 spiro atoms. The molecule has 3 nitrogen and oxygen atoms in total. The van der Waals surface area contributed by atoms with E-state index in [2.05, 4.69) is 65.5 Å². The molecule has 150 valence electrons. The highest BCUT2D eigenvalue weighted by atomic mass is 35.5. The SMILES string of the molecule is CCCC1c2ccccc2CCN1c1nnc(-c2ccccc2Cl)c2ccccc12. The molecule has 1 aliphatic heterocycles. The first-order valence-corrected chi connectivity index (χ1v) is 11.0. The quantitative estimate of drug-likeness (QED) is 0.366. The van der Waals surface area contributed by atoms with Gasteiger partial charge in [0.25, 0.3) is 0 Å². The Morgan fingerprint density at radius 2 is 1.63 bits per heavy atom. The first kappa shape index (κ1) is 19.1. The predicted octanol–water partition coefficient (Wildman–Crippen LogP) is 6.85. The van der Waals surface area contributed by atoms with E-state index in [0.29, 0.717) is 11.1 Å². The number of aromatic nitrogens is 2. The van der Waals surface area contributed by atoms with E-state index >= 15 is 0 Å². The molecule has 4 aromatic rings. The van der Waals surface area contributed by atoms with Crippen molar-refractivity contribution in [2.45, 2.75) is 32.2 Å². The second-order valence-electron chi connectivity index (χ2n) is 7.84. The minimum absolute atomic E-state index is 0.323. The van der Waals surface area contributed by atoms with Crippen molar-refractivity contribution in [3.8, 4) is 11.3 Å². The van der Waals surface area contributed by atoms with E-state index in [0.717, 1.165) is 53.7 Å². The molecule has 30 heavy (non-hydrogen) atoms. The van der Waals surface area contributed by atoms with Crippen molar-refractivity contribution in [1.82, 2.24) is 10.2 Å².